The number of piperidine rings is 1. The summed E-state index contributed by atoms with van der Waals surface area (Å²) in [6, 6.07) is 8.05. The fourth-order valence-corrected chi connectivity index (χ4v) is 2.90. The van der Waals surface area contributed by atoms with Crippen molar-refractivity contribution in [3.8, 4) is 0 Å². The summed E-state index contributed by atoms with van der Waals surface area (Å²) in [5.74, 6) is -0.281. The minimum atomic E-state index is -0.281. The first-order valence-electron chi connectivity index (χ1n) is 6.51. The number of halogens is 1. The second-order valence-electron chi connectivity index (χ2n) is 4.98. The van der Waals surface area contributed by atoms with Gasteiger partial charge in [-0.3, -0.25) is 4.90 Å². The summed E-state index contributed by atoms with van der Waals surface area (Å²) in [7, 11) is 0. The van der Waals surface area contributed by atoms with Gasteiger partial charge in [-0.15, -0.1) is 0 Å². The maximum absolute atomic E-state index is 6.19. The lowest BCUT2D eigenvalue weighted by molar-refractivity contribution is -0.185. The van der Waals surface area contributed by atoms with E-state index in [2.05, 4.69) is 11.0 Å². The standard InChI is InChI=1S/C14H18ClNO2/c15-13-4-2-1-3-12(13)11-16-7-5-14(6-8-16)17-9-10-18-14/h1-4H,5-11H2. The van der Waals surface area contributed by atoms with Crippen LogP contribution in [-0.2, 0) is 16.0 Å². The highest BCUT2D eigenvalue weighted by molar-refractivity contribution is 6.31. The Hall–Kier alpha value is -0.610. The fraction of sp³-hybridized carbons (Fsp3) is 0.571. The van der Waals surface area contributed by atoms with Crippen molar-refractivity contribution in [2.75, 3.05) is 26.3 Å². The van der Waals surface area contributed by atoms with Gasteiger partial charge in [0.15, 0.2) is 5.79 Å². The van der Waals surface area contributed by atoms with Gasteiger partial charge in [-0.2, -0.15) is 0 Å². The average molecular weight is 268 g/mol. The summed E-state index contributed by atoms with van der Waals surface area (Å²) in [6.45, 7) is 4.40. The van der Waals surface area contributed by atoms with Crippen molar-refractivity contribution < 1.29 is 9.47 Å². The van der Waals surface area contributed by atoms with E-state index in [4.69, 9.17) is 21.1 Å². The third-order valence-electron chi connectivity index (χ3n) is 3.78. The molecule has 0 atom stereocenters. The molecule has 4 heteroatoms. The van der Waals surface area contributed by atoms with Crippen LogP contribution in [0, 0.1) is 0 Å². The fourth-order valence-electron chi connectivity index (χ4n) is 2.71. The number of nitrogens with zero attached hydrogens (tertiary/aromatic N) is 1. The van der Waals surface area contributed by atoms with Gasteiger partial charge in [-0.1, -0.05) is 29.8 Å². The number of benzene rings is 1. The van der Waals surface area contributed by atoms with Crippen molar-refractivity contribution in [3.05, 3.63) is 34.9 Å². The smallest absolute Gasteiger partial charge is 0.170 e. The minimum absolute atomic E-state index is 0.281. The SMILES string of the molecule is Clc1ccccc1CN1CCC2(CC1)OCCO2. The molecule has 2 heterocycles. The van der Waals surface area contributed by atoms with Gasteiger partial charge in [0.05, 0.1) is 13.2 Å². The Labute approximate surface area is 113 Å². The van der Waals surface area contributed by atoms with Gasteiger partial charge in [0, 0.05) is 37.5 Å². The molecule has 98 valence electrons. The normalized spacial score (nSPS) is 23.6. The lowest BCUT2D eigenvalue weighted by Crippen LogP contribution is -2.44. The van der Waals surface area contributed by atoms with Crippen molar-refractivity contribution in [2.24, 2.45) is 0 Å². The highest BCUT2D eigenvalue weighted by Gasteiger charge is 2.39. The van der Waals surface area contributed by atoms with Gasteiger partial charge in [0.1, 0.15) is 0 Å². The molecule has 0 aliphatic carbocycles. The summed E-state index contributed by atoms with van der Waals surface area (Å²) < 4.78 is 11.5. The summed E-state index contributed by atoms with van der Waals surface area (Å²) in [5, 5.41) is 0.853. The van der Waals surface area contributed by atoms with Crippen LogP contribution in [0.4, 0.5) is 0 Å². The molecule has 0 bridgehead atoms. The van der Waals surface area contributed by atoms with Crippen molar-refractivity contribution in [1.29, 1.82) is 0 Å². The van der Waals surface area contributed by atoms with Crippen LogP contribution in [0.3, 0.4) is 0 Å². The number of rotatable bonds is 2. The van der Waals surface area contributed by atoms with Crippen LogP contribution >= 0.6 is 11.6 Å². The Bertz CT molecular complexity index is 408. The first kappa shape index (κ1) is 12.4. The first-order valence-corrected chi connectivity index (χ1v) is 6.89. The zero-order chi connectivity index (χ0) is 12.4. The minimum Gasteiger partial charge on any atom is -0.347 e. The molecular formula is C14H18ClNO2. The van der Waals surface area contributed by atoms with Gasteiger partial charge in [-0.05, 0) is 11.6 Å². The van der Waals surface area contributed by atoms with Crippen LogP contribution < -0.4 is 0 Å². The van der Waals surface area contributed by atoms with Gasteiger partial charge in [-0.25, -0.2) is 0 Å². The molecule has 0 unspecified atom stereocenters. The third-order valence-corrected chi connectivity index (χ3v) is 4.15. The maximum atomic E-state index is 6.19. The zero-order valence-electron chi connectivity index (χ0n) is 10.4. The quantitative estimate of drug-likeness (QED) is 0.822. The summed E-state index contributed by atoms with van der Waals surface area (Å²) >= 11 is 6.19. The van der Waals surface area contributed by atoms with Crippen LogP contribution in [0.25, 0.3) is 0 Å². The maximum Gasteiger partial charge on any atom is 0.170 e. The van der Waals surface area contributed by atoms with Crippen molar-refractivity contribution >= 4 is 11.6 Å². The van der Waals surface area contributed by atoms with E-state index in [1.807, 2.05) is 18.2 Å². The number of ether oxygens (including phenoxy) is 2. The number of hydrogen-bond donors (Lipinski definition) is 0. The van der Waals surface area contributed by atoms with Crippen molar-refractivity contribution in [3.63, 3.8) is 0 Å². The molecule has 1 aromatic rings. The molecule has 1 spiro atoms. The van der Waals surface area contributed by atoms with Gasteiger partial charge in [0.2, 0.25) is 0 Å². The van der Waals surface area contributed by atoms with E-state index in [0.717, 1.165) is 50.7 Å². The van der Waals surface area contributed by atoms with Crippen molar-refractivity contribution in [2.45, 2.75) is 25.2 Å². The van der Waals surface area contributed by atoms with Crippen LogP contribution in [0.15, 0.2) is 24.3 Å². The Kier molecular flexibility index (Phi) is 3.57. The molecule has 2 fully saturated rings. The third kappa shape index (κ3) is 2.54. The number of hydrogen-bond acceptors (Lipinski definition) is 3. The first-order chi connectivity index (χ1) is 8.77. The largest absolute Gasteiger partial charge is 0.347 e. The molecule has 0 N–H and O–H groups in total. The molecule has 2 saturated heterocycles. The second kappa shape index (κ2) is 5.17. The predicted molar refractivity (Wildman–Crippen MR) is 70.6 cm³/mol. The lowest BCUT2D eigenvalue weighted by Gasteiger charge is -2.37. The van der Waals surface area contributed by atoms with Crippen LogP contribution in [0.5, 0.6) is 0 Å². The molecule has 2 aliphatic rings. The van der Waals surface area contributed by atoms with Crippen LogP contribution in [0.1, 0.15) is 18.4 Å². The molecule has 1 aromatic carbocycles. The average Bonchev–Trinajstić information content (AvgIpc) is 2.84. The molecule has 0 saturated carbocycles. The molecular weight excluding hydrogens is 250 g/mol. The Balaban J connectivity index is 1.59. The predicted octanol–water partition coefficient (Wildman–Crippen LogP) is 2.68. The number of likely N-dealkylation sites (tertiary alicyclic amines) is 1. The van der Waals surface area contributed by atoms with E-state index < -0.39 is 0 Å². The lowest BCUT2D eigenvalue weighted by atomic mass is 10.0. The summed E-state index contributed by atoms with van der Waals surface area (Å²) in [4.78, 5) is 2.41. The molecule has 0 amide bonds. The monoisotopic (exact) mass is 267 g/mol. The van der Waals surface area contributed by atoms with E-state index in [9.17, 15) is 0 Å². The van der Waals surface area contributed by atoms with Crippen molar-refractivity contribution in [1.82, 2.24) is 4.90 Å². The van der Waals surface area contributed by atoms with Gasteiger partial charge >= 0.3 is 0 Å². The topological polar surface area (TPSA) is 21.7 Å². The molecule has 18 heavy (non-hydrogen) atoms. The highest BCUT2D eigenvalue weighted by atomic mass is 35.5. The van der Waals surface area contributed by atoms with E-state index in [1.54, 1.807) is 0 Å². The van der Waals surface area contributed by atoms with E-state index >= 15 is 0 Å². The van der Waals surface area contributed by atoms with E-state index in [1.165, 1.54) is 5.56 Å². The van der Waals surface area contributed by atoms with Gasteiger partial charge < -0.3 is 9.47 Å². The summed E-state index contributed by atoms with van der Waals surface area (Å²) in [6.07, 6.45) is 1.91. The van der Waals surface area contributed by atoms with Crippen LogP contribution in [0.2, 0.25) is 5.02 Å². The van der Waals surface area contributed by atoms with Gasteiger partial charge in [0.25, 0.3) is 0 Å². The van der Waals surface area contributed by atoms with E-state index in [-0.39, 0.29) is 5.79 Å². The Morgan fingerprint density at radius 1 is 1.11 bits per heavy atom. The summed E-state index contributed by atoms with van der Waals surface area (Å²) in [5.41, 5.74) is 1.20. The zero-order valence-corrected chi connectivity index (χ0v) is 11.2. The Morgan fingerprint density at radius 2 is 1.78 bits per heavy atom. The molecule has 3 rings (SSSR count). The highest BCUT2D eigenvalue weighted by Crippen LogP contribution is 2.32. The molecule has 0 radical (unpaired) electrons. The molecule has 2 aliphatic heterocycles. The van der Waals surface area contributed by atoms with E-state index in [0.29, 0.717) is 0 Å². The van der Waals surface area contributed by atoms with Crippen LogP contribution in [-0.4, -0.2) is 37.0 Å². The molecule has 0 aromatic heterocycles. The Morgan fingerprint density at radius 3 is 2.44 bits per heavy atom. The second-order valence-corrected chi connectivity index (χ2v) is 5.38. The molecule has 3 nitrogen and oxygen atoms in total.